The van der Waals surface area contributed by atoms with Crippen molar-refractivity contribution < 1.29 is 43.7 Å². The highest BCUT2D eigenvalue weighted by Gasteiger charge is 2.22. The van der Waals surface area contributed by atoms with Crippen molar-refractivity contribution in [3.63, 3.8) is 0 Å². The molecule has 2 aliphatic rings. The Morgan fingerprint density at radius 1 is 0.618 bits per heavy atom. The first kappa shape index (κ1) is 50.4. The third kappa shape index (κ3) is 22.8. The van der Waals surface area contributed by atoms with Gasteiger partial charge in [-0.2, -0.15) is 0 Å². The molecular formula is C42H60Br4O9. The second-order valence-corrected chi connectivity index (χ2v) is 16.3. The van der Waals surface area contributed by atoms with Crippen LogP contribution in [0.1, 0.15) is 100 Å². The molecule has 13 heteroatoms. The molecule has 2 aliphatic heterocycles. The summed E-state index contributed by atoms with van der Waals surface area (Å²) in [6, 6.07) is 23.4. The van der Waals surface area contributed by atoms with Gasteiger partial charge in [-0.3, -0.25) is 0 Å². The Balaban J connectivity index is 0.000000275. The van der Waals surface area contributed by atoms with E-state index in [4.69, 9.17) is 33.5 Å². The second-order valence-electron chi connectivity index (χ2n) is 12.8. The van der Waals surface area contributed by atoms with Crippen LogP contribution in [0.15, 0.2) is 86.2 Å². The Kier molecular flexibility index (Phi) is 29.4. The topological polar surface area (TPSA) is 116 Å². The Morgan fingerprint density at radius 3 is 1.45 bits per heavy atom. The largest absolute Gasteiger partial charge is 0.394 e. The third-order valence-electron chi connectivity index (χ3n) is 8.13. The van der Waals surface area contributed by atoms with E-state index >= 15 is 0 Å². The first-order chi connectivity index (χ1) is 26.7. The number of aliphatic hydroxyl groups is 3. The first-order valence-electron chi connectivity index (χ1n) is 19.2. The van der Waals surface area contributed by atoms with Crippen LogP contribution in [0.5, 0.6) is 0 Å². The van der Waals surface area contributed by atoms with Crippen LogP contribution in [0.3, 0.4) is 0 Å². The molecule has 0 amide bonds. The Morgan fingerprint density at radius 2 is 1.05 bits per heavy atom. The molecule has 0 bridgehead atoms. The van der Waals surface area contributed by atoms with Crippen molar-refractivity contribution in [2.24, 2.45) is 0 Å². The maximum atomic E-state index is 9.62. The van der Waals surface area contributed by atoms with Crippen molar-refractivity contribution in [3.05, 3.63) is 103 Å². The molecule has 0 aromatic heterocycles. The van der Waals surface area contributed by atoms with Crippen molar-refractivity contribution in [3.8, 4) is 0 Å². The molecular weight excluding hydrogens is 968 g/mol. The molecule has 0 aliphatic carbocycles. The van der Waals surface area contributed by atoms with Crippen LogP contribution in [0, 0.1) is 0 Å². The van der Waals surface area contributed by atoms with Gasteiger partial charge in [0.2, 0.25) is 0 Å². The van der Waals surface area contributed by atoms with E-state index < -0.39 is 6.10 Å². The van der Waals surface area contributed by atoms with Gasteiger partial charge in [-0.15, -0.1) is 0 Å². The van der Waals surface area contributed by atoms with Crippen LogP contribution in [0.2, 0.25) is 0 Å². The minimum Gasteiger partial charge on any atom is -0.394 e. The monoisotopic (exact) mass is 1020 g/mol. The van der Waals surface area contributed by atoms with Gasteiger partial charge in [0, 0.05) is 38.6 Å². The molecule has 3 aromatic carbocycles. The summed E-state index contributed by atoms with van der Waals surface area (Å²) in [6.07, 6.45) is 7.42. The summed E-state index contributed by atoms with van der Waals surface area (Å²) in [5.41, 5.74) is 2.93. The van der Waals surface area contributed by atoms with E-state index in [-0.39, 0.29) is 51.2 Å². The predicted octanol–water partition coefficient (Wildman–Crippen LogP) is 10.8. The minimum atomic E-state index is -0.630. The van der Waals surface area contributed by atoms with Crippen molar-refractivity contribution in [2.45, 2.75) is 96.1 Å². The fraction of sp³-hybridized carbons (Fsp3) is 0.571. The van der Waals surface area contributed by atoms with E-state index in [0.29, 0.717) is 6.61 Å². The Bertz CT molecular complexity index is 1320. The summed E-state index contributed by atoms with van der Waals surface area (Å²) in [6.45, 7) is 7.56. The number of benzene rings is 3. The summed E-state index contributed by atoms with van der Waals surface area (Å²) in [4.78, 5) is 0. The molecule has 2 fully saturated rings. The van der Waals surface area contributed by atoms with Gasteiger partial charge < -0.3 is 43.7 Å². The zero-order valence-corrected chi connectivity index (χ0v) is 38.5. The molecule has 5 unspecified atom stereocenters. The number of aliphatic hydroxyl groups excluding tert-OH is 3. The van der Waals surface area contributed by atoms with Crippen LogP contribution >= 0.6 is 63.7 Å². The fourth-order valence-electron chi connectivity index (χ4n) is 5.17. The van der Waals surface area contributed by atoms with Crippen LogP contribution in [0.4, 0.5) is 0 Å². The van der Waals surface area contributed by atoms with Gasteiger partial charge in [0.15, 0.2) is 12.6 Å². The summed E-state index contributed by atoms with van der Waals surface area (Å²) in [5, 5.41) is 28.6. The number of ether oxygens (including phenoxy) is 6. The average molecular weight is 1030 g/mol. The van der Waals surface area contributed by atoms with Crippen LogP contribution < -0.4 is 0 Å². The van der Waals surface area contributed by atoms with Gasteiger partial charge in [-0.1, -0.05) is 114 Å². The van der Waals surface area contributed by atoms with Crippen molar-refractivity contribution in [1.29, 1.82) is 0 Å². The van der Waals surface area contributed by atoms with E-state index in [0.717, 1.165) is 93.8 Å². The highest BCUT2D eigenvalue weighted by atomic mass is 79.9. The number of halogens is 4. The lowest BCUT2D eigenvalue weighted by atomic mass is 10.1. The summed E-state index contributed by atoms with van der Waals surface area (Å²) in [7, 11) is 0. The molecule has 5 atom stereocenters. The quantitative estimate of drug-likeness (QED) is 0.0898. The van der Waals surface area contributed by atoms with E-state index in [1.54, 1.807) is 0 Å². The molecule has 2 saturated heterocycles. The van der Waals surface area contributed by atoms with E-state index in [9.17, 15) is 10.2 Å². The van der Waals surface area contributed by atoms with Gasteiger partial charge in [0.25, 0.3) is 0 Å². The van der Waals surface area contributed by atoms with Crippen LogP contribution in [0.25, 0.3) is 0 Å². The number of alkyl halides is 1. The number of rotatable bonds is 17. The fourth-order valence-corrected chi connectivity index (χ4v) is 5.97. The van der Waals surface area contributed by atoms with Crippen molar-refractivity contribution in [2.75, 3.05) is 58.2 Å². The van der Waals surface area contributed by atoms with Crippen molar-refractivity contribution >= 4 is 63.7 Å². The lowest BCUT2D eigenvalue weighted by molar-refractivity contribution is -0.200. The van der Waals surface area contributed by atoms with Crippen molar-refractivity contribution in [1.82, 2.24) is 0 Å². The zero-order chi connectivity index (χ0) is 40.1. The molecule has 5 rings (SSSR count). The normalized spacial score (nSPS) is 18.3. The SMILES string of the molecule is CCCBr.CCCOCC(OC1CCCCO1)c1ccc(Br)cc1.OCC(OC1CCCCO1)c1ccc(Br)cc1.OCCOCC(O)c1ccc(Br)cc1. The van der Waals surface area contributed by atoms with Gasteiger partial charge >= 0.3 is 0 Å². The van der Waals surface area contributed by atoms with Crippen LogP contribution in [-0.2, 0) is 28.4 Å². The smallest absolute Gasteiger partial charge is 0.158 e. The molecule has 3 aromatic rings. The van der Waals surface area contributed by atoms with E-state index in [1.807, 2.05) is 60.7 Å². The van der Waals surface area contributed by atoms with Gasteiger partial charge in [0.1, 0.15) is 18.3 Å². The van der Waals surface area contributed by atoms with Gasteiger partial charge in [0.05, 0.1) is 33.0 Å². The zero-order valence-electron chi connectivity index (χ0n) is 32.1. The third-order valence-corrected chi connectivity index (χ3v) is 10.5. The van der Waals surface area contributed by atoms with E-state index in [1.165, 1.54) is 12.8 Å². The molecule has 310 valence electrons. The standard InChI is InChI=1S/C16H23BrO3.C13H17BrO3.C10H13BrO3.C3H7Br/c1-2-10-18-12-15(13-6-8-14(17)9-7-13)20-16-5-3-4-11-19-16;14-11-6-4-10(5-7-11)12(9-15)17-13-3-1-2-8-16-13;11-9-3-1-8(2-4-9)10(13)7-14-6-5-12;1-2-3-4/h6-9,15-16H,2-5,10-12H2,1H3;4-7,12-13,15H,1-3,8-9H2;1-4,10,12-13H,5-7H2;2-3H2,1H3. The minimum absolute atomic E-state index is 0.0208. The molecule has 9 nitrogen and oxygen atoms in total. The maximum absolute atomic E-state index is 9.62. The molecule has 3 N–H and O–H groups in total. The summed E-state index contributed by atoms with van der Waals surface area (Å²) >= 11 is 13.4. The van der Waals surface area contributed by atoms with Gasteiger partial charge in [-0.25, -0.2) is 0 Å². The highest BCUT2D eigenvalue weighted by molar-refractivity contribution is 9.11. The predicted molar refractivity (Wildman–Crippen MR) is 232 cm³/mol. The summed E-state index contributed by atoms with van der Waals surface area (Å²) < 4.78 is 36.8. The Hall–Kier alpha value is -0.780. The number of hydrogen-bond donors (Lipinski definition) is 3. The molecule has 0 saturated carbocycles. The van der Waals surface area contributed by atoms with E-state index in [2.05, 4.69) is 89.7 Å². The molecule has 0 radical (unpaired) electrons. The Labute approximate surface area is 362 Å². The second kappa shape index (κ2) is 32.1. The number of hydrogen-bond acceptors (Lipinski definition) is 9. The molecule has 0 spiro atoms. The molecule has 55 heavy (non-hydrogen) atoms. The first-order valence-corrected chi connectivity index (χ1v) is 22.7. The van der Waals surface area contributed by atoms with Crippen LogP contribution in [-0.4, -0.2) is 86.1 Å². The van der Waals surface area contributed by atoms with Gasteiger partial charge in [-0.05, 0) is 104 Å². The average Bonchev–Trinajstić information content (AvgIpc) is 3.22. The summed E-state index contributed by atoms with van der Waals surface area (Å²) in [5.74, 6) is 0. The molecule has 2 heterocycles. The highest BCUT2D eigenvalue weighted by Crippen LogP contribution is 2.27. The maximum Gasteiger partial charge on any atom is 0.158 e. The lowest BCUT2D eigenvalue weighted by Gasteiger charge is -2.28. The lowest BCUT2D eigenvalue weighted by Crippen LogP contribution is -2.26.